The van der Waals surface area contributed by atoms with Gasteiger partial charge in [-0.3, -0.25) is 9.59 Å². The minimum Gasteiger partial charge on any atom is -0.456 e. The number of hydrogen-bond acceptors (Lipinski definition) is 6. The molecule has 2 amide bonds. The van der Waals surface area contributed by atoms with E-state index in [4.69, 9.17) is 16.3 Å². The number of carbonyl (C=O) groups is 2. The molecule has 1 fully saturated rings. The Hall–Kier alpha value is -4.06. The highest BCUT2D eigenvalue weighted by Crippen LogP contribution is 2.34. The first-order valence-corrected chi connectivity index (χ1v) is 10.7. The van der Waals surface area contributed by atoms with Gasteiger partial charge in [0.05, 0.1) is 12.4 Å². The quantitative estimate of drug-likeness (QED) is 0.363. The zero-order valence-corrected chi connectivity index (χ0v) is 18.4. The fourth-order valence-electron chi connectivity index (χ4n) is 3.27. The summed E-state index contributed by atoms with van der Waals surface area (Å²) in [6.45, 7) is 0. The number of amides is 2. The zero-order valence-electron chi connectivity index (χ0n) is 17.6. The number of imidazole rings is 1. The standard InChI is InChI=1S/C22H15ClF3N5O4/c23-21-30-17(18(35-21)22(24,25)26)20(33)27-12-2-1-3-13(8-12)34-14-6-7-16-28-15(10-31(16)9-14)29-19(32)11-4-5-11/h1-3,6-11H,4-5H2,(H,27,33)(H,29,32). The normalized spacial score (nSPS) is 13.6. The molecule has 180 valence electrons. The van der Waals surface area contributed by atoms with Crippen molar-refractivity contribution in [2.75, 3.05) is 10.6 Å². The number of alkyl halides is 3. The van der Waals surface area contributed by atoms with Crippen molar-refractivity contribution in [2.24, 2.45) is 5.92 Å². The molecule has 35 heavy (non-hydrogen) atoms. The Labute approximate surface area is 199 Å². The average Bonchev–Trinajstić information content (AvgIpc) is 3.45. The fraction of sp³-hybridized carbons (Fsp3) is 0.182. The molecule has 1 aromatic carbocycles. The first-order chi connectivity index (χ1) is 16.7. The van der Waals surface area contributed by atoms with Crippen LogP contribution in [0.3, 0.4) is 0 Å². The minimum atomic E-state index is -4.94. The number of fused-ring (bicyclic) bond motifs is 1. The monoisotopic (exact) mass is 505 g/mol. The highest BCUT2D eigenvalue weighted by atomic mass is 35.5. The summed E-state index contributed by atoms with van der Waals surface area (Å²) in [6.07, 6.45) is 0.122. The van der Waals surface area contributed by atoms with Gasteiger partial charge in [-0.25, -0.2) is 4.98 Å². The Kier molecular flexibility index (Phi) is 5.59. The number of anilines is 2. The molecule has 2 N–H and O–H groups in total. The molecular weight excluding hydrogens is 491 g/mol. The molecule has 3 aromatic heterocycles. The van der Waals surface area contributed by atoms with Gasteiger partial charge in [-0.2, -0.15) is 18.2 Å². The van der Waals surface area contributed by atoms with Crippen molar-refractivity contribution >= 4 is 40.6 Å². The highest BCUT2D eigenvalue weighted by molar-refractivity contribution is 6.28. The second-order valence-electron chi connectivity index (χ2n) is 7.75. The van der Waals surface area contributed by atoms with Crippen molar-refractivity contribution in [3.63, 3.8) is 0 Å². The second kappa shape index (κ2) is 8.62. The number of rotatable bonds is 6. The van der Waals surface area contributed by atoms with Gasteiger partial charge in [0.25, 0.3) is 11.3 Å². The number of aromatic nitrogens is 3. The van der Waals surface area contributed by atoms with Gasteiger partial charge in [0.15, 0.2) is 11.5 Å². The summed E-state index contributed by atoms with van der Waals surface area (Å²) in [7, 11) is 0. The summed E-state index contributed by atoms with van der Waals surface area (Å²) in [5.74, 6) is -1.60. The Morgan fingerprint density at radius 3 is 2.63 bits per heavy atom. The van der Waals surface area contributed by atoms with Gasteiger partial charge < -0.3 is 24.2 Å². The molecule has 0 radical (unpaired) electrons. The van der Waals surface area contributed by atoms with E-state index in [1.807, 2.05) is 0 Å². The summed E-state index contributed by atoms with van der Waals surface area (Å²) < 4.78 is 51.0. The van der Waals surface area contributed by atoms with Crippen molar-refractivity contribution in [1.29, 1.82) is 0 Å². The molecule has 0 bridgehead atoms. The first kappa shape index (κ1) is 22.7. The van der Waals surface area contributed by atoms with E-state index >= 15 is 0 Å². The zero-order chi connectivity index (χ0) is 24.7. The Bertz CT molecular complexity index is 1440. The predicted octanol–water partition coefficient (Wildman–Crippen LogP) is 5.39. The number of hydrogen-bond donors (Lipinski definition) is 2. The van der Waals surface area contributed by atoms with Gasteiger partial charge in [0, 0.05) is 17.7 Å². The smallest absolute Gasteiger partial charge is 0.452 e. The third kappa shape index (κ3) is 5.06. The molecule has 1 aliphatic rings. The van der Waals surface area contributed by atoms with Crippen LogP contribution in [0.2, 0.25) is 5.35 Å². The van der Waals surface area contributed by atoms with Crippen LogP contribution in [0.5, 0.6) is 11.5 Å². The lowest BCUT2D eigenvalue weighted by atomic mass is 10.2. The Balaban J connectivity index is 1.30. The maximum Gasteiger partial charge on any atom is 0.452 e. The van der Waals surface area contributed by atoms with Crippen LogP contribution in [0.1, 0.15) is 29.1 Å². The van der Waals surface area contributed by atoms with Crippen LogP contribution in [0, 0.1) is 5.92 Å². The Morgan fingerprint density at radius 1 is 1.09 bits per heavy atom. The van der Waals surface area contributed by atoms with Crippen LogP contribution in [0.15, 0.2) is 53.2 Å². The molecule has 0 unspecified atom stereocenters. The van der Waals surface area contributed by atoms with Gasteiger partial charge in [0.1, 0.15) is 17.1 Å². The summed E-state index contributed by atoms with van der Waals surface area (Å²) in [5, 5.41) is 4.29. The maximum atomic E-state index is 13.1. The molecule has 0 aliphatic heterocycles. The molecule has 0 atom stereocenters. The second-order valence-corrected chi connectivity index (χ2v) is 8.07. The number of carbonyl (C=O) groups excluding carboxylic acids is 2. The van der Waals surface area contributed by atoms with E-state index in [9.17, 15) is 22.8 Å². The van der Waals surface area contributed by atoms with Gasteiger partial charge in [-0.15, -0.1) is 0 Å². The van der Waals surface area contributed by atoms with Crippen molar-refractivity contribution in [1.82, 2.24) is 14.4 Å². The van der Waals surface area contributed by atoms with Gasteiger partial charge in [0.2, 0.25) is 11.7 Å². The Morgan fingerprint density at radius 2 is 1.89 bits per heavy atom. The first-order valence-electron chi connectivity index (χ1n) is 10.3. The number of nitrogens with one attached hydrogen (secondary N) is 2. The molecule has 5 rings (SSSR count). The van der Waals surface area contributed by atoms with Crippen LogP contribution < -0.4 is 15.4 Å². The topological polar surface area (TPSA) is 111 Å². The maximum absolute atomic E-state index is 13.1. The van der Waals surface area contributed by atoms with Gasteiger partial charge in [-0.1, -0.05) is 6.07 Å². The summed E-state index contributed by atoms with van der Waals surface area (Å²) in [4.78, 5) is 32.0. The fourth-order valence-corrected chi connectivity index (χ4v) is 3.43. The van der Waals surface area contributed by atoms with Gasteiger partial charge in [-0.05, 0) is 48.7 Å². The SMILES string of the molecule is O=C(Nc1cccc(Oc2ccc3nc(NC(=O)C4CC4)cn3c2)c1)c1nc(Cl)oc1C(F)(F)F. The number of oxazole rings is 1. The van der Waals surface area contributed by atoms with E-state index in [2.05, 4.69) is 25.0 Å². The van der Waals surface area contributed by atoms with Crippen LogP contribution in [0.4, 0.5) is 24.7 Å². The third-order valence-corrected chi connectivity index (χ3v) is 5.19. The number of nitrogens with zero attached hydrogens (tertiary/aromatic N) is 3. The number of ether oxygens (including phenoxy) is 1. The molecule has 4 aromatic rings. The largest absolute Gasteiger partial charge is 0.456 e. The number of pyridine rings is 1. The van der Waals surface area contributed by atoms with Crippen molar-refractivity contribution in [3.8, 4) is 11.5 Å². The summed E-state index contributed by atoms with van der Waals surface area (Å²) >= 11 is 5.41. The molecule has 13 heteroatoms. The van der Waals surface area contributed by atoms with Crippen LogP contribution in [0.25, 0.3) is 5.65 Å². The average molecular weight is 506 g/mol. The predicted molar refractivity (Wildman–Crippen MR) is 118 cm³/mol. The number of halogens is 4. The third-order valence-electron chi connectivity index (χ3n) is 5.02. The lowest BCUT2D eigenvalue weighted by molar-refractivity contribution is -0.153. The van der Waals surface area contributed by atoms with Gasteiger partial charge >= 0.3 is 6.18 Å². The molecule has 1 aliphatic carbocycles. The molecular formula is C22H15ClF3N5O4. The molecule has 0 saturated heterocycles. The van der Waals surface area contributed by atoms with E-state index in [1.165, 1.54) is 12.1 Å². The van der Waals surface area contributed by atoms with Crippen molar-refractivity contribution in [3.05, 3.63) is 65.6 Å². The van der Waals surface area contributed by atoms with E-state index < -0.39 is 28.9 Å². The lowest BCUT2D eigenvalue weighted by Crippen LogP contribution is -2.18. The van der Waals surface area contributed by atoms with E-state index in [0.29, 0.717) is 23.0 Å². The van der Waals surface area contributed by atoms with Crippen LogP contribution in [-0.2, 0) is 11.0 Å². The van der Waals surface area contributed by atoms with Crippen LogP contribution in [-0.4, -0.2) is 26.2 Å². The summed E-state index contributed by atoms with van der Waals surface area (Å²) in [5.41, 5.74) is -0.228. The molecule has 3 heterocycles. The summed E-state index contributed by atoms with van der Waals surface area (Å²) in [6, 6.07) is 9.39. The van der Waals surface area contributed by atoms with E-state index in [0.717, 1.165) is 12.8 Å². The van der Waals surface area contributed by atoms with Crippen LogP contribution >= 0.6 is 11.6 Å². The van der Waals surface area contributed by atoms with Crippen molar-refractivity contribution in [2.45, 2.75) is 19.0 Å². The number of benzene rings is 1. The van der Waals surface area contributed by atoms with Crippen molar-refractivity contribution < 1.29 is 31.9 Å². The molecule has 0 spiro atoms. The van der Waals surface area contributed by atoms with E-state index in [-0.39, 0.29) is 17.5 Å². The highest BCUT2D eigenvalue weighted by Gasteiger charge is 2.41. The minimum absolute atomic E-state index is 0.0489. The van der Waals surface area contributed by atoms with E-state index in [1.54, 1.807) is 41.1 Å². The lowest BCUT2D eigenvalue weighted by Gasteiger charge is -2.09. The molecule has 1 saturated carbocycles. The molecule has 9 nitrogen and oxygen atoms in total.